The summed E-state index contributed by atoms with van der Waals surface area (Å²) in [6.07, 6.45) is 3.88. The third kappa shape index (κ3) is 1.41. The Morgan fingerprint density at radius 2 is 2.33 bits per heavy atom. The predicted octanol–water partition coefficient (Wildman–Crippen LogP) is 2.18. The molecule has 5 heteroatoms. The summed E-state index contributed by atoms with van der Waals surface area (Å²) in [4.78, 5) is 6.29. The molecule has 1 aromatic heterocycles. The zero-order chi connectivity index (χ0) is 8.55. The third-order valence-electron chi connectivity index (χ3n) is 2.31. The van der Waals surface area contributed by atoms with Crippen molar-refractivity contribution in [3.05, 3.63) is 5.28 Å². The molecule has 0 saturated heterocycles. The number of halogens is 1. The second-order valence-electron chi connectivity index (χ2n) is 3.04. The van der Waals surface area contributed by atoms with Gasteiger partial charge in [0.25, 0.3) is 0 Å². The summed E-state index contributed by atoms with van der Waals surface area (Å²) in [6, 6.07) is 0.661. The molecule has 0 bridgehead atoms. The van der Waals surface area contributed by atoms with E-state index in [1.165, 1.54) is 30.8 Å². The largest absolute Gasteiger partial charge is 0.347 e. The van der Waals surface area contributed by atoms with E-state index in [9.17, 15) is 0 Å². The van der Waals surface area contributed by atoms with Gasteiger partial charge in [-0.15, -0.1) is 0 Å². The van der Waals surface area contributed by atoms with Crippen LogP contribution in [0.2, 0.25) is 5.28 Å². The normalized spacial score (nSPS) is 17.5. The smallest absolute Gasteiger partial charge is 0.236 e. The molecule has 3 nitrogen and oxygen atoms in total. The fraction of sp³-hybridized carbons (Fsp3) is 0.714. The molecular weight excluding hydrogens is 194 g/mol. The molecule has 0 unspecified atom stereocenters. The van der Waals surface area contributed by atoms with Gasteiger partial charge >= 0.3 is 0 Å². The summed E-state index contributed by atoms with van der Waals surface area (Å²) in [7, 11) is 2.06. The van der Waals surface area contributed by atoms with Crippen LogP contribution in [0, 0.1) is 0 Å². The second-order valence-corrected chi connectivity index (χ2v) is 4.11. The Kier molecular flexibility index (Phi) is 2.19. The van der Waals surface area contributed by atoms with Crippen LogP contribution in [0.3, 0.4) is 0 Å². The molecule has 1 aliphatic rings. The van der Waals surface area contributed by atoms with Crippen LogP contribution in [0.5, 0.6) is 0 Å². The van der Waals surface area contributed by atoms with Crippen LogP contribution in [0.25, 0.3) is 0 Å². The van der Waals surface area contributed by atoms with E-state index in [0.29, 0.717) is 11.3 Å². The Morgan fingerprint density at radius 1 is 1.58 bits per heavy atom. The Balaban J connectivity index is 2.08. The minimum atomic E-state index is 0.362. The summed E-state index contributed by atoms with van der Waals surface area (Å²) in [5.41, 5.74) is 0. The highest BCUT2D eigenvalue weighted by atomic mass is 35.5. The summed E-state index contributed by atoms with van der Waals surface area (Å²) in [5.74, 6) is 0. The van der Waals surface area contributed by atoms with Gasteiger partial charge in [-0.1, -0.05) is 0 Å². The van der Waals surface area contributed by atoms with Crippen molar-refractivity contribution in [3.8, 4) is 0 Å². The molecule has 0 aliphatic heterocycles. The molecule has 0 atom stereocenters. The summed E-state index contributed by atoms with van der Waals surface area (Å²) < 4.78 is 3.93. The maximum atomic E-state index is 5.63. The van der Waals surface area contributed by atoms with Crippen molar-refractivity contribution >= 4 is 28.3 Å². The summed E-state index contributed by atoms with van der Waals surface area (Å²) in [6.45, 7) is 0. The average Bonchev–Trinajstić information content (AvgIpc) is 2.31. The Morgan fingerprint density at radius 3 is 2.75 bits per heavy atom. The lowest BCUT2D eigenvalue weighted by atomic mass is 9.92. The highest BCUT2D eigenvalue weighted by Crippen LogP contribution is 2.29. The van der Waals surface area contributed by atoms with Gasteiger partial charge in [-0.3, -0.25) is 0 Å². The van der Waals surface area contributed by atoms with Crippen molar-refractivity contribution in [2.75, 3.05) is 11.9 Å². The Labute approximate surface area is 80.5 Å². The summed E-state index contributed by atoms with van der Waals surface area (Å²) in [5, 5.41) is 1.30. The minimum absolute atomic E-state index is 0.362. The molecule has 2 rings (SSSR count). The molecule has 0 spiro atoms. The van der Waals surface area contributed by atoms with E-state index < -0.39 is 0 Å². The van der Waals surface area contributed by atoms with Crippen molar-refractivity contribution in [1.82, 2.24) is 9.36 Å². The van der Waals surface area contributed by atoms with Crippen molar-refractivity contribution in [2.24, 2.45) is 0 Å². The van der Waals surface area contributed by atoms with E-state index in [-0.39, 0.29) is 0 Å². The average molecular weight is 204 g/mol. The van der Waals surface area contributed by atoms with Gasteiger partial charge in [0.15, 0.2) is 0 Å². The van der Waals surface area contributed by atoms with Gasteiger partial charge in [0.2, 0.25) is 10.4 Å². The van der Waals surface area contributed by atoms with Gasteiger partial charge < -0.3 is 4.90 Å². The van der Waals surface area contributed by atoms with Crippen LogP contribution in [0.1, 0.15) is 19.3 Å². The van der Waals surface area contributed by atoms with Gasteiger partial charge in [0.05, 0.1) is 0 Å². The van der Waals surface area contributed by atoms with Crippen LogP contribution in [-0.2, 0) is 0 Å². The first-order valence-electron chi connectivity index (χ1n) is 3.99. The molecule has 0 amide bonds. The lowest BCUT2D eigenvalue weighted by molar-refractivity contribution is 0.401. The van der Waals surface area contributed by atoms with E-state index in [0.717, 1.165) is 5.13 Å². The molecule has 12 heavy (non-hydrogen) atoms. The molecule has 1 heterocycles. The van der Waals surface area contributed by atoms with E-state index in [1.54, 1.807) is 0 Å². The van der Waals surface area contributed by atoms with E-state index >= 15 is 0 Å². The minimum Gasteiger partial charge on any atom is -0.347 e. The Hall–Kier alpha value is -0.350. The van der Waals surface area contributed by atoms with Gasteiger partial charge in [0, 0.05) is 24.6 Å². The SMILES string of the molecule is CN(c1nc(Cl)ns1)C1CCC1. The number of anilines is 1. The molecule has 1 fully saturated rings. The molecule has 0 N–H and O–H groups in total. The monoisotopic (exact) mass is 203 g/mol. The van der Waals surface area contributed by atoms with Crippen molar-refractivity contribution in [2.45, 2.75) is 25.3 Å². The maximum absolute atomic E-state index is 5.63. The van der Waals surface area contributed by atoms with Crippen LogP contribution in [0.4, 0.5) is 5.13 Å². The maximum Gasteiger partial charge on any atom is 0.236 e. The summed E-state index contributed by atoms with van der Waals surface area (Å²) >= 11 is 7.00. The highest BCUT2D eigenvalue weighted by Gasteiger charge is 2.24. The number of rotatable bonds is 2. The van der Waals surface area contributed by atoms with Crippen molar-refractivity contribution < 1.29 is 0 Å². The van der Waals surface area contributed by atoms with Crippen LogP contribution in [-0.4, -0.2) is 22.4 Å². The topological polar surface area (TPSA) is 29.0 Å². The van der Waals surface area contributed by atoms with E-state index in [2.05, 4.69) is 21.3 Å². The van der Waals surface area contributed by atoms with E-state index in [4.69, 9.17) is 11.6 Å². The predicted molar refractivity (Wildman–Crippen MR) is 51.0 cm³/mol. The standard InChI is InChI=1S/C7H10ClN3S/c1-11(5-3-2-4-5)7-9-6(8)10-12-7/h5H,2-4H2,1H3. The number of aromatic nitrogens is 2. The van der Waals surface area contributed by atoms with Gasteiger partial charge in [-0.05, 0) is 30.9 Å². The van der Waals surface area contributed by atoms with Gasteiger partial charge in [0.1, 0.15) is 0 Å². The molecule has 1 saturated carbocycles. The fourth-order valence-corrected chi connectivity index (χ4v) is 2.11. The number of nitrogens with zero attached hydrogens (tertiary/aromatic N) is 3. The zero-order valence-corrected chi connectivity index (χ0v) is 8.40. The molecule has 66 valence electrons. The third-order valence-corrected chi connectivity index (χ3v) is 3.39. The number of hydrogen-bond donors (Lipinski definition) is 0. The first kappa shape index (κ1) is 8.26. The van der Waals surface area contributed by atoms with Crippen molar-refractivity contribution in [3.63, 3.8) is 0 Å². The molecule has 0 aromatic carbocycles. The van der Waals surface area contributed by atoms with Gasteiger partial charge in [-0.2, -0.15) is 9.36 Å². The molecule has 1 aliphatic carbocycles. The lowest BCUT2D eigenvalue weighted by Gasteiger charge is -2.34. The first-order valence-corrected chi connectivity index (χ1v) is 5.14. The van der Waals surface area contributed by atoms with Gasteiger partial charge in [-0.25, -0.2) is 0 Å². The van der Waals surface area contributed by atoms with E-state index in [1.807, 2.05) is 0 Å². The quantitative estimate of drug-likeness (QED) is 0.738. The molecular formula is C7H10ClN3S. The van der Waals surface area contributed by atoms with Crippen LogP contribution < -0.4 is 4.90 Å². The van der Waals surface area contributed by atoms with Crippen LogP contribution in [0.15, 0.2) is 0 Å². The lowest BCUT2D eigenvalue weighted by Crippen LogP contribution is -2.36. The first-order chi connectivity index (χ1) is 5.77. The molecule has 0 radical (unpaired) electrons. The van der Waals surface area contributed by atoms with Crippen LogP contribution >= 0.6 is 23.1 Å². The number of hydrogen-bond acceptors (Lipinski definition) is 4. The second kappa shape index (κ2) is 3.18. The fourth-order valence-electron chi connectivity index (χ4n) is 1.27. The zero-order valence-electron chi connectivity index (χ0n) is 6.83. The highest BCUT2D eigenvalue weighted by molar-refractivity contribution is 7.10. The van der Waals surface area contributed by atoms with Crippen molar-refractivity contribution in [1.29, 1.82) is 0 Å². The Bertz CT molecular complexity index is 271. The molecule has 1 aromatic rings.